The van der Waals surface area contributed by atoms with Gasteiger partial charge >= 0.3 is 0 Å². The summed E-state index contributed by atoms with van der Waals surface area (Å²) in [6.45, 7) is 8.89. The molecule has 0 unspecified atom stereocenters. The summed E-state index contributed by atoms with van der Waals surface area (Å²) in [6.07, 6.45) is 7.37. The van der Waals surface area contributed by atoms with Gasteiger partial charge in [0, 0.05) is 12.4 Å². The minimum absolute atomic E-state index is 0.713. The summed E-state index contributed by atoms with van der Waals surface area (Å²) in [7, 11) is 0. The Kier molecular flexibility index (Phi) is 6.09. The van der Waals surface area contributed by atoms with Gasteiger partial charge in [0.1, 0.15) is 0 Å². The van der Waals surface area contributed by atoms with E-state index in [1.807, 2.05) is 12.4 Å². The van der Waals surface area contributed by atoms with Crippen molar-refractivity contribution in [1.82, 2.24) is 10.3 Å². The molecule has 0 radical (unpaired) electrons. The topological polar surface area (TPSA) is 24.9 Å². The second-order valence-corrected chi connectivity index (χ2v) is 4.74. The van der Waals surface area contributed by atoms with Crippen molar-refractivity contribution >= 4 is 0 Å². The highest BCUT2D eigenvalue weighted by Gasteiger charge is 2.04. The molecule has 1 aromatic rings. The van der Waals surface area contributed by atoms with E-state index in [4.69, 9.17) is 0 Å². The van der Waals surface area contributed by atoms with Crippen LogP contribution in [0.3, 0.4) is 0 Å². The van der Waals surface area contributed by atoms with Crippen molar-refractivity contribution in [1.29, 1.82) is 0 Å². The predicted octanol–water partition coefficient (Wildman–Crippen LogP) is 2.82. The summed E-state index contributed by atoms with van der Waals surface area (Å²) in [5, 5.41) is 3.44. The van der Waals surface area contributed by atoms with E-state index in [2.05, 4.69) is 37.1 Å². The van der Waals surface area contributed by atoms with Crippen molar-refractivity contribution in [2.45, 2.75) is 40.0 Å². The van der Waals surface area contributed by atoms with Crippen LogP contribution in [0.1, 0.15) is 38.3 Å². The van der Waals surface area contributed by atoms with E-state index >= 15 is 0 Å². The third kappa shape index (κ3) is 4.75. The molecule has 0 saturated carbocycles. The van der Waals surface area contributed by atoms with Crippen LogP contribution >= 0.6 is 0 Å². The summed E-state index contributed by atoms with van der Waals surface area (Å²) in [6, 6.07) is 2.16. The zero-order valence-electron chi connectivity index (χ0n) is 10.8. The van der Waals surface area contributed by atoms with Crippen LogP contribution in [0.2, 0.25) is 0 Å². The first-order chi connectivity index (χ1) is 7.74. The van der Waals surface area contributed by atoms with E-state index in [1.165, 1.54) is 17.5 Å². The van der Waals surface area contributed by atoms with Gasteiger partial charge in [0.25, 0.3) is 0 Å². The molecule has 0 bridgehead atoms. The van der Waals surface area contributed by atoms with Crippen LogP contribution < -0.4 is 5.32 Å². The highest BCUT2D eigenvalue weighted by Crippen LogP contribution is 2.12. The second-order valence-electron chi connectivity index (χ2n) is 4.74. The van der Waals surface area contributed by atoms with E-state index < -0.39 is 0 Å². The number of hydrogen-bond donors (Lipinski definition) is 1. The van der Waals surface area contributed by atoms with Gasteiger partial charge in [-0.15, -0.1) is 0 Å². The first kappa shape index (κ1) is 13.2. The van der Waals surface area contributed by atoms with Crippen LogP contribution in [0.25, 0.3) is 0 Å². The molecule has 0 aromatic carbocycles. The van der Waals surface area contributed by atoms with E-state index in [-0.39, 0.29) is 0 Å². The molecule has 2 heteroatoms. The van der Waals surface area contributed by atoms with Gasteiger partial charge in [-0.05, 0) is 55.5 Å². The molecule has 1 heterocycles. The minimum atomic E-state index is 0.713. The lowest BCUT2D eigenvalue weighted by molar-refractivity contribution is 0.632. The zero-order chi connectivity index (χ0) is 11.8. The van der Waals surface area contributed by atoms with Crippen LogP contribution in [0.5, 0.6) is 0 Å². The third-order valence-corrected chi connectivity index (χ3v) is 2.63. The molecule has 2 nitrogen and oxygen atoms in total. The monoisotopic (exact) mass is 220 g/mol. The van der Waals surface area contributed by atoms with Gasteiger partial charge in [-0.3, -0.25) is 4.98 Å². The summed E-state index contributed by atoms with van der Waals surface area (Å²) < 4.78 is 0. The zero-order valence-corrected chi connectivity index (χ0v) is 10.8. The van der Waals surface area contributed by atoms with Crippen LogP contribution in [-0.2, 0) is 12.8 Å². The number of pyridine rings is 1. The molecule has 0 aliphatic rings. The molecular formula is C14H24N2. The molecule has 0 fully saturated rings. The van der Waals surface area contributed by atoms with Crippen LogP contribution in [0.4, 0.5) is 0 Å². The molecule has 1 aromatic heterocycles. The lowest BCUT2D eigenvalue weighted by atomic mass is 9.98. The highest BCUT2D eigenvalue weighted by molar-refractivity contribution is 5.24. The normalized spacial score (nSPS) is 11.0. The largest absolute Gasteiger partial charge is 0.316 e. The third-order valence-electron chi connectivity index (χ3n) is 2.63. The van der Waals surface area contributed by atoms with Crippen molar-refractivity contribution < 1.29 is 0 Å². The van der Waals surface area contributed by atoms with E-state index in [0.717, 1.165) is 25.9 Å². The Balaban J connectivity index is 2.50. The van der Waals surface area contributed by atoms with Crippen molar-refractivity contribution in [3.63, 3.8) is 0 Å². The summed E-state index contributed by atoms with van der Waals surface area (Å²) in [5.41, 5.74) is 2.86. The molecule has 16 heavy (non-hydrogen) atoms. The Hall–Kier alpha value is -0.890. The van der Waals surface area contributed by atoms with E-state index in [1.54, 1.807) is 0 Å². The first-order valence-electron chi connectivity index (χ1n) is 6.36. The molecular weight excluding hydrogens is 196 g/mol. The van der Waals surface area contributed by atoms with E-state index in [0.29, 0.717) is 5.92 Å². The lowest BCUT2D eigenvalue weighted by Crippen LogP contribution is -2.18. The summed E-state index contributed by atoms with van der Waals surface area (Å²) in [5.74, 6) is 0.713. The SMILES string of the molecule is CCCNCCc1cnccc1CC(C)C. The number of hydrogen-bond acceptors (Lipinski definition) is 2. The second kappa shape index (κ2) is 7.39. The summed E-state index contributed by atoms with van der Waals surface area (Å²) >= 11 is 0. The molecule has 0 aliphatic heterocycles. The molecule has 0 amide bonds. The Bertz CT molecular complexity index is 295. The van der Waals surface area contributed by atoms with Crippen LogP contribution in [-0.4, -0.2) is 18.1 Å². The van der Waals surface area contributed by atoms with Gasteiger partial charge in [0.05, 0.1) is 0 Å². The number of rotatable bonds is 7. The van der Waals surface area contributed by atoms with Crippen molar-refractivity contribution in [2.24, 2.45) is 5.92 Å². The van der Waals surface area contributed by atoms with Crippen molar-refractivity contribution in [3.8, 4) is 0 Å². The van der Waals surface area contributed by atoms with Gasteiger partial charge in [0.15, 0.2) is 0 Å². The molecule has 90 valence electrons. The van der Waals surface area contributed by atoms with Gasteiger partial charge in [-0.2, -0.15) is 0 Å². The molecule has 0 atom stereocenters. The Morgan fingerprint density at radius 3 is 2.75 bits per heavy atom. The number of nitrogens with one attached hydrogen (secondary N) is 1. The Morgan fingerprint density at radius 1 is 1.25 bits per heavy atom. The fraction of sp³-hybridized carbons (Fsp3) is 0.643. The average Bonchev–Trinajstić information content (AvgIpc) is 2.26. The maximum Gasteiger partial charge on any atom is 0.0303 e. The Morgan fingerprint density at radius 2 is 2.06 bits per heavy atom. The van der Waals surface area contributed by atoms with Crippen LogP contribution in [0, 0.1) is 5.92 Å². The van der Waals surface area contributed by atoms with Gasteiger partial charge in [-0.1, -0.05) is 20.8 Å². The average molecular weight is 220 g/mol. The number of aromatic nitrogens is 1. The maximum atomic E-state index is 4.22. The minimum Gasteiger partial charge on any atom is -0.316 e. The smallest absolute Gasteiger partial charge is 0.0303 e. The van der Waals surface area contributed by atoms with Crippen molar-refractivity contribution in [2.75, 3.05) is 13.1 Å². The molecule has 0 saturated heterocycles. The molecule has 1 rings (SSSR count). The quantitative estimate of drug-likeness (QED) is 0.715. The fourth-order valence-electron chi connectivity index (χ4n) is 1.84. The van der Waals surface area contributed by atoms with E-state index in [9.17, 15) is 0 Å². The highest BCUT2D eigenvalue weighted by atomic mass is 14.8. The standard InChI is InChI=1S/C14H24N2/c1-4-7-15-8-6-14-11-16-9-5-13(14)10-12(2)3/h5,9,11-12,15H,4,6-8,10H2,1-3H3. The molecule has 0 aliphatic carbocycles. The first-order valence-corrected chi connectivity index (χ1v) is 6.36. The molecule has 0 spiro atoms. The molecule has 1 N–H and O–H groups in total. The van der Waals surface area contributed by atoms with Gasteiger partial charge < -0.3 is 5.32 Å². The lowest BCUT2D eigenvalue weighted by Gasteiger charge is -2.11. The van der Waals surface area contributed by atoms with Crippen LogP contribution in [0.15, 0.2) is 18.5 Å². The van der Waals surface area contributed by atoms with Gasteiger partial charge in [-0.25, -0.2) is 0 Å². The predicted molar refractivity (Wildman–Crippen MR) is 69.6 cm³/mol. The fourth-order valence-corrected chi connectivity index (χ4v) is 1.84. The number of nitrogens with zero attached hydrogens (tertiary/aromatic N) is 1. The summed E-state index contributed by atoms with van der Waals surface area (Å²) in [4.78, 5) is 4.22. The van der Waals surface area contributed by atoms with Crippen molar-refractivity contribution in [3.05, 3.63) is 29.6 Å². The Labute approximate surface area is 99.5 Å². The maximum absolute atomic E-state index is 4.22. The van der Waals surface area contributed by atoms with Gasteiger partial charge in [0.2, 0.25) is 0 Å².